The highest BCUT2D eigenvalue weighted by Crippen LogP contribution is 2.46. The molecule has 0 radical (unpaired) electrons. The van der Waals surface area contributed by atoms with E-state index in [1.165, 1.54) is 0 Å². The van der Waals surface area contributed by atoms with Gasteiger partial charge in [0.15, 0.2) is 23.3 Å². The second-order valence-electron chi connectivity index (χ2n) is 19.6. The first-order valence-electron chi connectivity index (χ1n) is 28.9. The third-order valence-electron chi connectivity index (χ3n) is 13.0. The first-order chi connectivity index (χ1) is 45.9. The zero-order valence-corrected chi connectivity index (χ0v) is 54.1. The molecule has 24 nitrogen and oxygen atoms in total. The van der Waals surface area contributed by atoms with Gasteiger partial charge < -0.3 is 63.1 Å². The molecule has 0 spiro atoms. The number of para-hydroxylation sites is 4. The summed E-state index contributed by atoms with van der Waals surface area (Å²) in [7, 11) is 9.48. The SMILES string of the molecule is CCOc1cccc(-c2nc(N)nc(Nc3ccccc3SSc3ccccc3Nc3nc(N)nc(-c4cccc(OCC)c4)n3)n2)c1.COc1cccc(-c2nc(N)nc(Nc3ccccc3SSc3ccccc3Nc3nc(N)nc(-c4cccc(OC)c4)n3)n2)c1. The molecule has 0 atom stereocenters. The zero-order valence-electron chi connectivity index (χ0n) is 50.8. The Labute approximate surface area is 556 Å². The highest BCUT2D eigenvalue weighted by Gasteiger charge is 2.17. The number of benzene rings is 8. The number of aromatic nitrogens is 12. The number of rotatable bonds is 24. The van der Waals surface area contributed by atoms with E-state index in [-0.39, 0.29) is 23.8 Å². The number of hydrogen-bond donors (Lipinski definition) is 8. The molecule has 0 aliphatic carbocycles. The Morgan fingerprint density at radius 2 is 0.543 bits per heavy atom. The van der Waals surface area contributed by atoms with Crippen LogP contribution in [0.2, 0.25) is 0 Å². The molecule has 472 valence electrons. The molecule has 8 aromatic carbocycles. The van der Waals surface area contributed by atoms with E-state index in [4.69, 9.17) is 41.9 Å². The highest BCUT2D eigenvalue weighted by atomic mass is 33.1. The first kappa shape index (κ1) is 64.3. The fourth-order valence-electron chi connectivity index (χ4n) is 8.85. The van der Waals surface area contributed by atoms with Crippen LogP contribution in [0.4, 0.5) is 70.3 Å². The normalized spacial score (nSPS) is 10.8. The number of hydrogen-bond acceptors (Lipinski definition) is 28. The molecule has 0 unspecified atom stereocenters. The number of nitrogen functional groups attached to an aromatic ring is 4. The van der Waals surface area contributed by atoms with Crippen LogP contribution < -0.4 is 63.1 Å². The smallest absolute Gasteiger partial charge is 0.232 e. The molecule has 0 saturated carbocycles. The molecule has 0 bridgehead atoms. The maximum atomic E-state index is 6.09. The van der Waals surface area contributed by atoms with Crippen molar-refractivity contribution in [3.05, 3.63) is 194 Å². The topological polar surface area (TPSA) is 344 Å². The number of methoxy groups -OCH3 is 2. The maximum Gasteiger partial charge on any atom is 0.232 e. The van der Waals surface area contributed by atoms with Gasteiger partial charge in [0.25, 0.3) is 0 Å². The van der Waals surface area contributed by atoms with Gasteiger partial charge in [-0.15, -0.1) is 0 Å². The molecule has 4 aromatic heterocycles. The van der Waals surface area contributed by atoms with Crippen LogP contribution in [0.15, 0.2) is 214 Å². The predicted molar refractivity (Wildman–Crippen MR) is 376 cm³/mol. The Morgan fingerprint density at radius 1 is 0.298 bits per heavy atom. The van der Waals surface area contributed by atoms with Crippen LogP contribution >= 0.6 is 43.2 Å². The number of anilines is 12. The van der Waals surface area contributed by atoms with Crippen molar-refractivity contribution >= 4 is 114 Å². The average Bonchev–Trinajstić information content (AvgIpc) is 0.961. The van der Waals surface area contributed by atoms with Gasteiger partial charge in [-0.1, -0.05) is 140 Å². The summed E-state index contributed by atoms with van der Waals surface area (Å²) in [5.41, 5.74) is 30.6. The fraction of sp³-hybridized carbons (Fsp3) is 0.0909. The monoisotopic (exact) mass is 1320 g/mol. The average molecular weight is 1330 g/mol. The van der Waals surface area contributed by atoms with E-state index in [0.717, 1.165) is 76.1 Å². The van der Waals surface area contributed by atoms with Gasteiger partial charge in [-0.25, -0.2) is 0 Å². The summed E-state index contributed by atoms with van der Waals surface area (Å²) in [5, 5.41) is 13.3. The van der Waals surface area contributed by atoms with Gasteiger partial charge in [0.2, 0.25) is 47.6 Å². The van der Waals surface area contributed by atoms with Crippen LogP contribution in [0.25, 0.3) is 45.6 Å². The standard InChI is InChI=1S/C34H32N10O2S2.C32H28N10O2S2/c1-3-45-23-13-9-11-21(19-23)29-39-31(35)43-33(41-29)37-25-15-5-7-17-27(25)47-48-28-18-8-6-16-26(28)38-34-42-30(40-32(36)44-34)22-12-10-14-24(20-22)46-4-2;1-43-21-11-7-9-19(17-21)27-37-29(33)41-31(39-27)35-23-13-3-5-15-25(23)45-46-26-16-6-4-14-24(26)36-32-40-28(38-30(34)42-32)20-10-8-12-22(18-20)44-2/h5-20H,3-4H2,1-2H3,(H3,35,37,39,41,43)(H3,36,38,40,42,44);3-18H,1-2H3,(H3,33,35,37,39,41)(H3,34,36,38,40,42). The predicted octanol–water partition coefficient (Wildman–Crippen LogP) is 14.5. The van der Waals surface area contributed by atoms with E-state index >= 15 is 0 Å². The Morgan fingerprint density at radius 3 is 0.798 bits per heavy atom. The lowest BCUT2D eigenvalue weighted by Crippen LogP contribution is -2.05. The highest BCUT2D eigenvalue weighted by molar-refractivity contribution is 8.77. The molecule has 0 aliphatic heterocycles. The minimum Gasteiger partial charge on any atom is -0.497 e. The number of nitrogens with zero attached hydrogens (tertiary/aromatic N) is 12. The second kappa shape index (κ2) is 31.2. The molecule has 0 amide bonds. The van der Waals surface area contributed by atoms with Crippen molar-refractivity contribution in [1.29, 1.82) is 0 Å². The van der Waals surface area contributed by atoms with Crippen LogP contribution in [0.5, 0.6) is 23.0 Å². The van der Waals surface area contributed by atoms with Crippen molar-refractivity contribution in [2.45, 2.75) is 33.4 Å². The van der Waals surface area contributed by atoms with E-state index in [1.54, 1.807) is 57.4 Å². The summed E-state index contributed by atoms with van der Waals surface area (Å²) in [6.45, 7) is 4.98. The molecule has 0 fully saturated rings. The number of ether oxygens (including phenoxy) is 4. The Hall–Kier alpha value is -11.2. The lowest BCUT2D eigenvalue weighted by molar-refractivity contribution is 0.340. The molecule has 28 heteroatoms. The molecule has 12 N–H and O–H groups in total. The van der Waals surface area contributed by atoms with E-state index in [9.17, 15) is 0 Å². The lowest BCUT2D eigenvalue weighted by Gasteiger charge is -2.13. The van der Waals surface area contributed by atoms with Gasteiger partial charge in [-0.05, 0) is 111 Å². The summed E-state index contributed by atoms with van der Waals surface area (Å²) in [6.07, 6.45) is 0. The maximum absolute atomic E-state index is 6.09. The van der Waals surface area contributed by atoms with E-state index < -0.39 is 0 Å². The van der Waals surface area contributed by atoms with E-state index in [2.05, 4.69) is 81.1 Å². The molecule has 0 aliphatic rings. The summed E-state index contributed by atoms with van der Waals surface area (Å²) in [6, 6.07) is 61.5. The van der Waals surface area contributed by atoms with Crippen LogP contribution in [-0.4, -0.2) is 87.2 Å². The fourth-order valence-corrected chi connectivity index (χ4v) is 13.4. The van der Waals surface area contributed by atoms with Crippen molar-refractivity contribution in [3.63, 3.8) is 0 Å². The number of nitrogens with two attached hydrogens (primary N) is 4. The summed E-state index contributed by atoms with van der Waals surface area (Å²) in [5.74, 6) is 6.29. The molecular weight excluding hydrogens is 1270 g/mol. The van der Waals surface area contributed by atoms with Crippen molar-refractivity contribution < 1.29 is 18.9 Å². The zero-order chi connectivity index (χ0) is 65.2. The molecule has 12 rings (SSSR count). The molecule has 4 heterocycles. The summed E-state index contributed by atoms with van der Waals surface area (Å²) < 4.78 is 22.0. The lowest BCUT2D eigenvalue weighted by atomic mass is 10.2. The van der Waals surface area contributed by atoms with Gasteiger partial charge in [0.1, 0.15) is 23.0 Å². The van der Waals surface area contributed by atoms with Gasteiger partial charge in [-0.3, -0.25) is 0 Å². The molecule has 12 aromatic rings. The molecular formula is C66H60N20O4S4. The third kappa shape index (κ3) is 17.2. The van der Waals surface area contributed by atoms with Gasteiger partial charge in [0.05, 0.1) is 50.2 Å². The van der Waals surface area contributed by atoms with Crippen LogP contribution in [0, 0.1) is 0 Å². The number of nitrogens with one attached hydrogen (secondary N) is 4. The Kier molecular flexibility index (Phi) is 21.4. The van der Waals surface area contributed by atoms with Crippen molar-refractivity contribution in [1.82, 2.24) is 59.8 Å². The summed E-state index contributed by atoms with van der Waals surface area (Å²) >= 11 is 0. The van der Waals surface area contributed by atoms with Crippen LogP contribution in [-0.2, 0) is 0 Å². The largest absolute Gasteiger partial charge is 0.497 e. The molecule has 94 heavy (non-hydrogen) atoms. The third-order valence-corrected chi connectivity index (χ3v) is 18.0. The van der Waals surface area contributed by atoms with Crippen molar-refractivity contribution in [2.75, 3.05) is 71.6 Å². The van der Waals surface area contributed by atoms with Crippen LogP contribution in [0.1, 0.15) is 13.8 Å². The van der Waals surface area contributed by atoms with Gasteiger partial charge >= 0.3 is 0 Å². The summed E-state index contributed by atoms with van der Waals surface area (Å²) in [4.78, 5) is 56.9. The quantitative estimate of drug-likeness (QED) is 0.0261. The first-order valence-corrected chi connectivity index (χ1v) is 33.2. The minimum absolute atomic E-state index is 0.100. The van der Waals surface area contributed by atoms with E-state index in [0.29, 0.717) is 71.8 Å². The van der Waals surface area contributed by atoms with E-state index in [1.807, 2.05) is 208 Å². The Bertz CT molecular complexity index is 4310. The van der Waals surface area contributed by atoms with Crippen LogP contribution in [0.3, 0.4) is 0 Å². The second-order valence-corrected chi connectivity index (χ2v) is 24.0. The van der Waals surface area contributed by atoms with Crippen molar-refractivity contribution in [3.8, 4) is 68.5 Å². The minimum atomic E-state index is 0.100. The molecule has 0 saturated heterocycles. The Balaban J connectivity index is 0.000000192. The van der Waals surface area contributed by atoms with Gasteiger partial charge in [-0.2, -0.15) is 59.8 Å². The van der Waals surface area contributed by atoms with Crippen molar-refractivity contribution in [2.24, 2.45) is 0 Å². The van der Waals surface area contributed by atoms with Gasteiger partial charge in [0, 0.05) is 41.8 Å².